The Hall–Kier alpha value is -2.27. The van der Waals surface area contributed by atoms with Crippen LogP contribution in [0.5, 0.6) is 0 Å². The van der Waals surface area contributed by atoms with Crippen molar-refractivity contribution in [2.24, 2.45) is 0 Å². The summed E-state index contributed by atoms with van der Waals surface area (Å²) in [4.78, 5) is 39.5. The van der Waals surface area contributed by atoms with Crippen LogP contribution in [0.2, 0.25) is 0 Å². The van der Waals surface area contributed by atoms with E-state index in [0.29, 0.717) is 13.1 Å². The van der Waals surface area contributed by atoms with Gasteiger partial charge in [-0.3, -0.25) is 4.90 Å². The molecule has 4 N–H and O–H groups in total. The molecule has 2 atom stereocenters. The molecule has 0 saturated carbocycles. The molecule has 150 valence electrons. The molecule has 11 heteroatoms. The number of amides is 3. The molecule has 1 aliphatic heterocycles. The van der Waals surface area contributed by atoms with Crippen LogP contribution in [0, 0.1) is 0 Å². The van der Waals surface area contributed by atoms with Crippen LogP contribution in [-0.2, 0) is 0 Å². The summed E-state index contributed by atoms with van der Waals surface area (Å²) in [5.74, 6) is 0. The summed E-state index contributed by atoms with van der Waals surface area (Å²) >= 11 is 0. The van der Waals surface area contributed by atoms with E-state index in [0.717, 1.165) is 9.80 Å². The van der Waals surface area contributed by atoms with E-state index in [1.54, 1.807) is 18.7 Å². The lowest BCUT2D eigenvalue weighted by Gasteiger charge is -2.35. The minimum Gasteiger partial charge on any atom is -0.465 e. The zero-order valence-electron chi connectivity index (χ0n) is 15.1. The number of β-amino-alcohol motifs (C(OH)–C–C–N with tert-alkyl or cyclic N) is 1. The average Bonchev–Trinajstić information content (AvgIpc) is 2.50. The monoisotopic (exact) mass is 376 g/mol. The minimum atomic E-state index is -1.22. The first kappa shape index (κ1) is 21.8. The van der Waals surface area contributed by atoms with Crippen molar-refractivity contribution in [1.82, 2.24) is 19.6 Å². The van der Waals surface area contributed by atoms with Gasteiger partial charge in [0, 0.05) is 58.4 Å². The molecule has 1 saturated heterocycles. The number of carboxylic acid groups (broad SMARTS) is 3. The molecule has 0 aromatic heterocycles. The minimum absolute atomic E-state index is 0.00998. The third kappa shape index (κ3) is 6.92. The van der Waals surface area contributed by atoms with Gasteiger partial charge in [-0.05, 0) is 13.8 Å². The molecule has 1 heterocycles. The van der Waals surface area contributed by atoms with Crippen LogP contribution in [-0.4, -0.2) is 123 Å². The van der Waals surface area contributed by atoms with Crippen LogP contribution in [0.1, 0.15) is 13.8 Å². The second-order valence-corrected chi connectivity index (χ2v) is 6.47. The molecular weight excluding hydrogens is 348 g/mol. The van der Waals surface area contributed by atoms with Gasteiger partial charge >= 0.3 is 18.3 Å². The van der Waals surface area contributed by atoms with E-state index in [-0.39, 0.29) is 39.3 Å². The van der Waals surface area contributed by atoms with Crippen LogP contribution < -0.4 is 0 Å². The predicted molar refractivity (Wildman–Crippen MR) is 91.5 cm³/mol. The van der Waals surface area contributed by atoms with Crippen LogP contribution in [0.25, 0.3) is 0 Å². The van der Waals surface area contributed by atoms with Gasteiger partial charge in [-0.25, -0.2) is 14.4 Å². The fourth-order valence-electron chi connectivity index (χ4n) is 2.91. The number of hydrogen-bond donors (Lipinski definition) is 4. The summed E-state index contributed by atoms with van der Waals surface area (Å²) in [6.07, 6.45) is -4.16. The fraction of sp³-hybridized carbons (Fsp3) is 0.800. The van der Waals surface area contributed by atoms with Crippen molar-refractivity contribution < 1.29 is 34.8 Å². The van der Waals surface area contributed by atoms with Crippen molar-refractivity contribution in [2.45, 2.75) is 26.0 Å². The van der Waals surface area contributed by atoms with E-state index in [1.165, 1.54) is 4.90 Å². The Balaban J connectivity index is 3.00. The summed E-state index contributed by atoms with van der Waals surface area (Å²) < 4.78 is 0. The van der Waals surface area contributed by atoms with Crippen LogP contribution in [0.15, 0.2) is 0 Å². The van der Waals surface area contributed by atoms with Gasteiger partial charge in [0.2, 0.25) is 0 Å². The van der Waals surface area contributed by atoms with Gasteiger partial charge in [-0.15, -0.1) is 0 Å². The van der Waals surface area contributed by atoms with Crippen molar-refractivity contribution >= 4 is 18.3 Å². The van der Waals surface area contributed by atoms with Crippen LogP contribution in [0.4, 0.5) is 14.4 Å². The molecule has 0 aliphatic carbocycles. The Morgan fingerprint density at radius 1 is 0.885 bits per heavy atom. The van der Waals surface area contributed by atoms with Gasteiger partial charge in [-0.2, -0.15) is 0 Å². The Labute approximate surface area is 152 Å². The van der Waals surface area contributed by atoms with Crippen molar-refractivity contribution in [1.29, 1.82) is 0 Å². The molecule has 1 aliphatic rings. The van der Waals surface area contributed by atoms with Crippen molar-refractivity contribution in [3.8, 4) is 0 Å². The standard InChI is InChI=1S/C15H28N4O7/c1-11-9-18(14(23)24)7-6-17(13(21)22)5-3-16(10-12(2)20)4-8-19(11)15(25)26/h11-12,20H,3-10H2,1-2H3,(H,21,22)(H,23,24)(H,25,26). The molecule has 0 spiro atoms. The van der Waals surface area contributed by atoms with Gasteiger partial charge in [0.1, 0.15) is 0 Å². The highest BCUT2D eigenvalue weighted by molar-refractivity contribution is 5.67. The first-order valence-electron chi connectivity index (χ1n) is 8.47. The number of rotatable bonds is 2. The fourth-order valence-corrected chi connectivity index (χ4v) is 2.91. The highest BCUT2D eigenvalue weighted by Crippen LogP contribution is 2.07. The van der Waals surface area contributed by atoms with Gasteiger partial charge in [-0.1, -0.05) is 0 Å². The quantitative estimate of drug-likeness (QED) is 0.527. The Kier molecular flexibility index (Phi) is 8.39. The summed E-state index contributed by atoms with van der Waals surface area (Å²) in [5, 5.41) is 37.7. The topological polar surface area (TPSA) is 145 Å². The zero-order chi connectivity index (χ0) is 19.9. The molecule has 0 aromatic rings. The maximum atomic E-state index is 11.5. The molecule has 1 rings (SSSR count). The third-order valence-corrected chi connectivity index (χ3v) is 4.31. The van der Waals surface area contributed by atoms with Crippen molar-refractivity contribution in [2.75, 3.05) is 52.4 Å². The SMILES string of the molecule is CC(O)CN1CCN(C(=O)O)CCN(C(=O)O)CC(C)N(C(=O)O)CC1. The van der Waals surface area contributed by atoms with E-state index >= 15 is 0 Å². The van der Waals surface area contributed by atoms with E-state index in [2.05, 4.69) is 0 Å². The molecule has 0 aromatic carbocycles. The average molecular weight is 376 g/mol. The van der Waals surface area contributed by atoms with Crippen molar-refractivity contribution in [3.63, 3.8) is 0 Å². The van der Waals surface area contributed by atoms with Gasteiger partial charge in [0.15, 0.2) is 0 Å². The summed E-state index contributed by atoms with van der Waals surface area (Å²) in [5.41, 5.74) is 0. The molecule has 3 amide bonds. The summed E-state index contributed by atoms with van der Waals surface area (Å²) in [6.45, 7) is 4.29. The second-order valence-electron chi connectivity index (χ2n) is 6.47. The molecular formula is C15H28N4O7. The lowest BCUT2D eigenvalue weighted by atomic mass is 10.2. The second kappa shape index (κ2) is 10.0. The predicted octanol–water partition coefficient (Wildman–Crippen LogP) is 0.0113. The highest BCUT2D eigenvalue weighted by Gasteiger charge is 2.26. The highest BCUT2D eigenvalue weighted by atomic mass is 16.4. The number of nitrogens with zero attached hydrogens (tertiary/aromatic N) is 4. The first-order chi connectivity index (χ1) is 12.1. The van der Waals surface area contributed by atoms with E-state index < -0.39 is 30.4 Å². The molecule has 26 heavy (non-hydrogen) atoms. The molecule has 0 radical (unpaired) electrons. The normalized spacial score (nSPS) is 22.3. The van der Waals surface area contributed by atoms with E-state index in [1.807, 2.05) is 0 Å². The Bertz CT molecular complexity index is 502. The van der Waals surface area contributed by atoms with Crippen LogP contribution in [0.3, 0.4) is 0 Å². The van der Waals surface area contributed by atoms with Gasteiger partial charge in [0.05, 0.1) is 6.10 Å². The van der Waals surface area contributed by atoms with E-state index in [9.17, 15) is 34.8 Å². The zero-order valence-corrected chi connectivity index (χ0v) is 15.1. The Morgan fingerprint density at radius 2 is 1.38 bits per heavy atom. The number of aliphatic hydroxyl groups excluding tert-OH is 1. The number of hydrogen-bond acceptors (Lipinski definition) is 5. The summed E-state index contributed by atoms with van der Waals surface area (Å²) in [7, 11) is 0. The smallest absolute Gasteiger partial charge is 0.407 e. The molecule has 1 fully saturated rings. The molecule has 11 nitrogen and oxygen atoms in total. The van der Waals surface area contributed by atoms with Gasteiger partial charge in [0.25, 0.3) is 0 Å². The van der Waals surface area contributed by atoms with Gasteiger partial charge < -0.3 is 35.1 Å². The maximum Gasteiger partial charge on any atom is 0.407 e. The molecule has 0 bridgehead atoms. The maximum absolute atomic E-state index is 11.5. The number of carbonyl (C=O) groups is 3. The van der Waals surface area contributed by atoms with Crippen molar-refractivity contribution in [3.05, 3.63) is 0 Å². The lowest BCUT2D eigenvalue weighted by molar-refractivity contribution is 0.0716. The summed E-state index contributed by atoms with van der Waals surface area (Å²) in [6, 6.07) is -0.588. The van der Waals surface area contributed by atoms with E-state index in [4.69, 9.17) is 0 Å². The number of aliphatic hydroxyl groups is 1. The third-order valence-electron chi connectivity index (χ3n) is 4.31. The lowest BCUT2D eigenvalue weighted by Crippen LogP contribution is -2.52. The Morgan fingerprint density at radius 3 is 1.88 bits per heavy atom. The van der Waals surface area contributed by atoms with Crippen LogP contribution >= 0.6 is 0 Å². The molecule has 2 unspecified atom stereocenters. The first-order valence-corrected chi connectivity index (χ1v) is 8.47. The largest absolute Gasteiger partial charge is 0.465 e.